The number of carbonyl (C=O) groups excluding carboxylic acids is 1. The van der Waals surface area contributed by atoms with Gasteiger partial charge in [-0.15, -0.1) is 0 Å². The van der Waals surface area contributed by atoms with E-state index in [1.807, 2.05) is 24.8 Å². The highest BCUT2D eigenvalue weighted by molar-refractivity contribution is 5.97. The molecule has 0 saturated carbocycles. The summed E-state index contributed by atoms with van der Waals surface area (Å²) in [6.07, 6.45) is 1.64. The van der Waals surface area contributed by atoms with Crippen LogP contribution in [-0.2, 0) is 4.79 Å². The summed E-state index contributed by atoms with van der Waals surface area (Å²) in [7, 11) is 0. The van der Waals surface area contributed by atoms with Crippen molar-refractivity contribution >= 4 is 11.6 Å². The van der Waals surface area contributed by atoms with Crippen molar-refractivity contribution in [2.45, 2.75) is 13.8 Å². The van der Waals surface area contributed by atoms with E-state index < -0.39 is 0 Å². The van der Waals surface area contributed by atoms with Crippen LogP contribution in [0, 0.1) is 23.1 Å². The molecule has 1 aliphatic heterocycles. The molecule has 128 valence electrons. The minimum absolute atomic E-state index is 0.130. The van der Waals surface area contributed by atoms with Crippen LogP contribution in [0.1, 0.15) is 13.8 Å². The van der Waals surface area contributed by atoms with Crippen molar-refractivity contribution in [3.8, 4) is 6.07 Å². The second-order valence-corrected chi connectivity index (χ2v) is 6.26. The number of nitrogens with one attached hydrogen (secondary N) is 1. The molecule has 1 fully saturated rings. The van der Waals surface area contributed by atoms with Gasteiger partial charge in [-0.1, -0.05) is 13.8 Å². The van der Waals surface area contributed by atoms with Crippen molar-refractivity contribution in [2.24, 2.45) is 5.92 Å². The quantitative estimate of drug-likeness (QED) is 0.664. The standard InChI is InChI=1S/C18H23FN4O/c1-14(2)12-21-18(24)15(11-20)13-22-7-9-23(10-8-22)17-5-3-16(19)4-6-17/h3-6,13-14H,7-10,12H2,1-2H3,(H,21,24)/b15-13-. The Kier molecular flexibility index (Phi) is 6.19. The van der Waals surface area contributed by atoms with E-state index in [9.17, 15) is 14.4 Å². The number of benzene rings is 1. The molecule has 0 unspecified atom stereocenters. The maximum Gasteiger partial charge on any atom is 0.263 e. The Morgan fingerprint density at radius 3 is 2.46 bits per heavy atom. The second kappa shape index (κ2) is 8.34. The lowest BCUT2D eigenvalue weighted by molar-refractivity contribution is -0.117. The summed E-state index contributed by atoms with van der Waals surface area (Å²) < 4.78 is 13.0. The molecule has 5 nitrogen and oxygen atoms in total. The maximum atomic E-state index is 13.0. The summed E-state index contributed by atoms with van der Waals surface area (Å²) in [6.45, 7) is 7.49. The second-order valence-electron chi connectivity index (χ2n) is 6.26. The molecule has 0 aromatic heterocycles. The van der Waals surface area contributed by atoms with Gasteiger partial charge in [0, 0.05) is 44.6 Å². The van der Waals surface area contributed by atoms with Crippen LogP contribution in [-0.4, -0.2) is 43.5 Å². The molecule has 1 saturated heterocycles. The minimum atomic E-state index is -0.327. The van der Waals surface area contributed by atoms with E-state index in [4.69, 9.17) is 0 Å². The lowest BCUT2D eigenvalue weighted by atomic mass is 10.2. The highest BCUT2D eigenvalue weighted by atomic mass is 19.1. The summed E-state index contributed by atoms with van der Waals surface area (Å²) in [5, 5.41) is 12.0. The fourth-order valence-corrected chi connectivity index (χ4v) is 2.47. The first-order valence-corrected chi connectivity index (χ1v) is 8.14. The van der Waals surface area contributed by atoms with Gasteiger partial charge < -0.3 is 15.1 Å². The molecule has 0 radical (unpaired) electrons. The van der Waals surface area contributed by atoms with E-state index in [1.165, 1.54) is 12.1 Å². The Hall–Kier alpha value is -2.55. The van der Waals surface area contributed by atoms with E-state index >= 15 is 0 Å². The fourth-order valence-electron chi connectivity index (χ4n) is 2.47. The third-order valence-corrected chi connectivity index (χ3v) is 3.85. The van der Waals surface area contributed by atoms with Crippen molar-refractivity contribution in [3.63, 3.8) is 0 Å². The number of rotatable bonds is 5. The Morgan fingerprint density at radius 1 is 1.29 bits per heavy atom. The van der Waals surface area contributed by atoms with Gasteiger partial charge in [-0.3, -0.25) is 4.79 Å². The molecule has 0 atom stereocenters. The average Bonchev–Trinajstić information content (AvgIpc) is 2.59. The van der Waals surface area contributed by atoms with Crippen molar-refractivity contribution in [2.75, 3.05) is 37.6 Å². The molecule has 1 amide bonds. The number of halogens is 1. The molecule has 1 aromatic rings. The molecule has 1 heterocycles. The summed E-state index contributed by atoms with van der Waals surface area (Å²) in [5.74, 6) is -0.230. The fraction of sp³-hybridized carbons (Fsp3) is 0.444. The van der Waals surface area contributed by atoms with Crippen LogP contribution in [0.2, 0.25) is 0 Å². The molecular formula is C18H23FN4O. The summed E-state index contributed by atoms with van der Waals surface area (Å²) in [4.78, 5) is 16.1. The van der Waals surface area contributed by atoms with Crippen molar-refractivity contribution < 1.29 is 9.18 Å². The topological polar surface area (TPSA) is 59.4 Å². The van der Waals surface area contributed by atoms with Gasteiger partial charge in [-0.25, -0.2) is 4.39 Å². The molecule has 0 bridgehead atoms. The maximum absolute atomic E-state index is 13.0. The Bertz CT molecular complexity index is 625. The first kappa shape index (κ1) is 17.8. The first-order valence-electron chi connectivity index (χ1n) is 8.14. The predicted molar refractivity (Wildman–Crippen MR) is 91.7 cm³/mol. The van der Waals surface area contributed by atoms with E-state index in [0.717, 1.165) is 18.8 Å². The van der Waals surface area contributed by atoms with E-state index in [2.05, 4.69) is 10.2 Å². The van der Waals surface area contributed by atoms with Crippen LogP contribution in [0.15, 0.2) is 36.0 Å². The van der Waals surface area contributed by atoms with Crippen molar-refractivity contribution in [1.82, 2.24) is 10.2 Å². The molecular weight excluding hydrogens is 307 g/mol. The monoisotopic (exact) mass is 330 g/mol. The number of piperazine rings is 1. The van der Waals surface area contributed by atoms with Crippen LogP contribution in [0.5, 0.6) is 0 Å². The van der Waals surface area contributed by atoms with Gasteiger partial charge in [0.25, 0.3) is 5.91 Å². The average molecular weight is 330 g/mol. The molecule has 2 rings (SSSR count). The van der Waals surface area contributed by atoms with Gasteiger partial charge in [0.05, 0.1) is 0 Å². The Balaban J connectivity index is 1.91. The molecule has 0 spiro atoms. The SMILES string of the molecule is CC(C)CNC(=O)/C(C#N)=C\N1CCN(c2ccc(F)cc2)CC1. The largest absolute Gasteiger partial charge is 0.373 e. The number of hydrogen-bond donors (Lipinski definition) is 1. The zero-order valence-electron chi connectivity index (χ0n) is 14.1. The number of amides is 1. The summed E-state index contributed by atoms with van der Waals surface area (Å²) in [6, 6.07) is 8.41. The number of anilines is 1. The highest BCUT2D eigenvalue weighted by Crippen LogP contribution is 2.17. The Labute approximate surface area is 142 Å². The normalized spacial score (nSPS) is 15.4. The molecule has 24 heavy (non-hydrogen) atoms. The van der Waals surface area contributed by atoms with E-state index in [1.54, 1.807) is 18.3 Å². The van der Waals surface area contributed by atoms with Crippen LogP contribution in [0.25, 0.3) is 0 Å². The number of hydrogen-bond acceptors (Lipinski definition) is 4. The number of nitrogens with zero attached hydrogens (tertiary/aromatic N) is 3. The lowest BCUT2D eigenvalue weighted by Gasteiger charge is -2.35. The summed E-state index contributed by atoms with van der Waals surface area (Å²) >= 11 is 0. The predicted octanol–water partition coefficient (Wildman–Crippen LogP) is 2.13. The molecule has 1 N–H and O–H groups in total. The zero-order chi connectivity index (χ0) is 17.5. The molecule has 1 aromatic carbocycles. The van der Waals surface area contributed by atoms with Crippen LogP contribution < -0.4 is 10.2 Å². The van der Waals surface area contributed by atoms with Gasteiger partial charge in [-0.2, -0.15) is 5.26 Å². The number of nitriles is 1. The van der Waals surface area contributed by atoms with Crippen LogP contribution >= 0.6 is 0 Å². The van der Waals surface area contributed by atoms with Crippen LogP contribution in [0.4, 0.5) is 10.1 Å². The Morgan fingerprint density at radius 2 is 1.92 bits per heavy atom. The first-order chi connectivity index (χ1) is 11.5. The highest BCUT2D eigenvalue weighted by Gasteiger charge is 2.17. The van der Waals surface area contributed by atoms with Gasteiger partial charge in [0.15, 0.2) is 0 Å². The number of carbonyl (C=O) groups is 1. The molecule has 1 aliphatic rings. The molecule has 6 heteroatoms. The molecule has 0 aliphatic carbocycles. The summed E-state index contributed by atoms with van der Waals surface area (Å²) in [5.41, 5.74) is 1.11. The smallest absolute Gasteiger partial charge is 0.263 e. The van der Waals surface area contributed by atoms with E-state index in [-0.39, 0.29) is 17.3 Å². The van der Waals surface area contributed by atoms with Crippen LogP contribution in [0.3, 0.4) is 0 Å². The van der Waals surface area contributed by atoms with E-state index in [0.29, 0.717) is 25.6 Å². The van der Waals surface area contributed by atoms with Crippen molar-refractivity contribution in [3.05, 3.63) is 41.9 Å². The van der Waals surface area contributed by atoms with Gasteiger partial charge >= 0.3 is 0 Å². The van der Waals surface area contributed by atoms with Gasteiger partial charge in [0.2, 0.25) is 0 Å². The third-order valence-electron chi connectivity index (χ3n) is 3.85. The third kappa shape index (κ3) is 4.98. The zero-order valence-corrected chi connectivity index (χ0v) is 14.1. The lowest BCUT2D eigenvalue weighted by Crippen LogP contribution is -2.44. The van der Waals surface area contributed by atoms with Gasteiger partial charge in [0.1, 0.15) is 17.5 Å². The van der Waals surface area contributed by atoms with Gasteiger partial charge in [-0.05, 0) is 30.2 Å². The van der Waals surface area contributed by atoms with Crippen molar-refractivity contribution in [1.29, 1.82) is 5.26 Å². The minimum Gasteiger partial charge on any atom is -0.373 e.